The molecular weight excluding hydrogens is 282 g/mol. The average Bonchev–Trinajstić information content (AvgIpc) is 3.07. The second kappa shape index (κ2) is 6.34. The van der Waals surface area contributed by atoms with Gasteiger partial charge in [0, 0.05) is 19.6 Å². The van der Waals surface area contributed by atoms with Gasteiger partial charge in [-0.3, -0.25) is 14.8 Å². The van der Waals surface area contributed by atoms with Gasteiger partial charge < -0.3 is 10.1 Å². The van der Waals surface area contributed by atoms with Crippen molar-refractivity contribution in [1.82, 2.24) is 25.4 Å². The van der Waals surface area contributed by atoms with Crippen molar-refractivity contribution in [2.24, 2.45) is 0 Å². The average molecular weight is 309 g/mol. The second-order valence-corrected chi connectivity index (χ2v) is 6.92. The smallest absolute Gasteiger partial charge is 0.242 e. The van der Waals surface area contributed by atoms with Crippen LogP contribution in [0.4, 0.5) is 0 Å². The van der Waals surface area contributed by atoms with Gasteiger partial charge in [-0.25, -0.2) is 4.98 Å². The van der Waals surface area contributed by atoms with Gasteiger partial charge in [0.2, 0.25) is 5.91 Å². The molecule has 2 N–H and O–H groups in total. The zero-order valence-electron chi connectivity index (χ0n) is 14.2. The fraction of sp³-hybridized carbons (Fsp3) is 0.800. The lowest BCUT2D eigenvalue weighted by Crippen LogP contribution is -2.57. The van der Waals surface area contributed by atoms with Crippen LogP contribution >= 0.6 is 0 Å². The summed E-state index contributed by atoms with van der Waals surface area (Å²) in [7, 11) is 3.30. The van der Waals surface area contributed by atoms with Gasteiger partial charge in [-0.1, -0.05) is 20.8 Å². The second-order valence-electron chi connectivity index (χ2n) is 6.92. The lowest BCUT2D eigenvalue weighted by Gasteiger charge is -2.35. The van der Waals surface area contributed by atoms with Gasteiger partial charge in [-0.05, 0) is 19.4 Å². The Labute approximate surface area is 131 Å². The summed E-state index contributed by atoms with van der Waals surface area (Å²) in [6.07, 6.45) is 1.76. The standard InChI is InChI=1S/C15H27N5O2/c1-14(2,3)12-17-11(18-19-12)9-20-8-6-7-15(20,10-22-5)13(21)16-4/h6-10H2,1-5H3,(H,16,21)(H,17,18,19). The van der Waals surface area contributed by atoms with Gasteiger partial charge in [0.05, 0.1) is 13.2 Å². The number of H-pyrrole nitrogens is 1. The third-order valence-corrected chi connectivity index (χ3v) is 4.20. The van der Waals surface area contributed by atoms with Gasteiger partial charge in [0.25, 0.3) is 0 Å². The number of nitrogens with one attached hydrogen (secondary N) is 2. The molecule has 0 spiro atoms. The van der Waals surface area contributed by atoms with Crippen molar-refractivity contribution in [3.63, 3.8) is 0 Å². The van der Waals surface area contributed by atoms with Crippen molar-refractivity contribution >= 4 is 5.91 Å². The molecule has 1 aliphatic heterocycles. The summed E-state index contributed by atoms with van der Waals surface area (Å²) >= 11 is 0. The number of likely N-dealkylation sites (N-methyl/N-ethyl adjacent to an activating group) is 1. The third-order valence-electron chi connectivity index (χ3n) is 4.20. The molecule has 1 saturated heterocycles. The Bertz CT molecular complexity index is 522. The van der Waals surface area contributed by atoms with Gasteiger partial charge in [0.1, 0.15) is 11.4 Å². The van der Waals surface area contributed by atoms with Crippen LogP contribution < -0.4 is 5.32 Å². The maximum Gasteiger partial charge on any atom is 0.242 e. The Morgan fingerprint density at radius 3 is 2.77 bits per heavy atom. The number of methoxy groups -OCH3 is 1. The molecular formula is C15H27N5O2. The Hall–Kier alpha value is -1.47. The van der Waals surface area contributed by atoms with E-state index in [0.29, 0.717) is 13.2 Å². The minimum atomic E-state index is -0.613. The molecule has 2 heterocycles. The number of likely N-dealkylation sites (tertiary alicyclic amines) is 1. The fourth-order valence-electron chi connectivity index (χ4n) is 3.00. The van der Waals surface area contributed by atoms with Crippen LogP contribution in [0.1, 0.15) is 45.3 Å². The zero-order chi connectivity index (χ0) is 16.4. The molecule has 1 aromatic heterocycles. The van der Waals surface area contributed by atoms with Gasteiger partial charge in [-0.15, -0.1) is 0 Å². The third kappa shape index (κ3) is 3.15. The molecule has 1 amide bonds. The molecule has 124 valence electrons. The van der Waals surface area contributed by atoms with Crippen LogP contribution in [0.25, 0.3) is 0 Å². The van der Waals surface area contributed by atoms with Crippen LogP contribution in [-0.2, 0) is 21.5 Å². The first-order valence-electron chi connectivity index (χ1n) is 7.71. The highest BCUT2D eigenvalue weighted by Gasteiger charge is 2.47. The largest absolute Gasteiger partial charge is 0.382 e. The van der Waals surface area contributed by atoms with Gasteiger partial charge in [-0.2, -0.15) is 5.10 Å². The van der Waals surface area contributed by atoms with Crippen LogP contribution in [0.3, 0.4) is 0 Å². The topological polar surface area (TPSA) is 83.1 Å². The number of amides is 1. The number of nitrogens with zero attached hydrogens (tertiary/aromatic N) is 3. The number of aromatic amines is 1. The van der Waals surface area contributed by atoms with Crippen molar-refractivity contribution in [2.75, 3.05) is 27.3 Å². The lowest BCUT2D eigenvalue weighted by molar-refractivity contribution is -0.135. The summed E-state index contributed by atoms with van der Waals surface area (Å²) in [5.41, 5.74) is -0.706. The summed E-state index contributed by atoms with van der Waals surface area (Å²) in [6, 6.07) is 0. The minimum absolute atomic E-state index is 0.00223. The van der Waals surface area contributed by atoms with Crippen molar-refractivity contribution < 1.29 is 9.53 Å². The Morgan fingerprint density at radius 1 is 1.50 bits per heavy atom. The molecule has 7 heteroatoms. The predicted octanol–water partition coefficient (Wildman–Crippen LogP) is 0.829. The number of hydrogen-bond acceptors (Lipinski definition) is 5. The highest BCUT2D eigenvalue weighted by Crippen LogP contribution is 2.31. The normalized spacial score (nSPS) is 23.0. The molecule has 22 heavy (non-hydrogen) atoms. The zero-order valence-corrected chi connectivity index (χ0v) is 14.2. The first-order valence-corrected chi connectivity index (χ1v) is 7.71. The Kier molecular flexibility index (Phi) is 4.87. The highest BCUT2D eigenvalue weighted by atomic mass is 16.5. The van der Waals surface area contributed by atoms with Crippen molar-refractivity contribution in [1.29, 1.82) is 0 Å². The maximum absolute atomic E-state index is 12.4. The van der Waals surface area contributed by atoms with E-state index >= 15 is 0 Å². The predicted molar refractivity (Wildman–Crippen MR) is 83.4 cm³/mol. The van der Waals surface area contributed by atoms with Crippen molar-refractivity contribution in [2.45, 2.75) is 51.1 Å². The van der Waals surface area contributed by atoms with Gasteiger partial charge >= 0.3 is 0 Å². The van der Waals surface area contributed by atoms with Crippen LogP contribution in [-0.4, -0.2) is 58.8 Å². The van der Waals surface area contributed by atoms with E-state index in [1.165, 1.54) is 0 Å². The highest BCUT2D eigenvalue weighted by molar-refractivity contribution is 5.86. The molecule has 1 aliphatic rings. The molecule has 2 rings (SSSR count). The Morgan fingerprint density at radius 2 is 2.23 bits per heavy atom. The lowest BCUT2D eigenvalue weighted by atomic mass is 9.95. The molecule has 7 nitrogen and oxygen atoms in total. The summed E-state index contributed by atoms with van der Waals surface area (Å²) < 4.78 is 5.33. The number of hydrogen-bond donors (Lipinski definition) is 2. The number of carbonyl (C=O) groups is 1. The molecule has 0 bridgehead atoms. The fourth-order valence-corrected chi connectivity index (χ4v) is 3.00. The van der Waals surface area contributed by atoms with E-state index in [2.05, 4.69) is 46.2 Å². The molecule has 0 aromatic carbocycles. The van der Waals surface area contributed by atoms with E-state index in [0.717, 1.165) is 31.0 Å². The number of rotatable bonds is 5. The number of aromatic nitrogens is 3. The minimum Gasteiger partial charge on any atom is -0.382 e. The van der Waals surface area contributed by atoms with E-state index < -0.39 is 5.54 Å². The van der Waals surface area contributed by atoms with Crippen molar-refractivity contribution in [3.05, 3.63) is 11.6 Å². The molecule has 1 fully saturated rings. The molecule has 0 saturated carbocycles. The van der Waals surface area contributed by atoms with Crippen molar-refractivity contribution in [3.8, 4) is 0 Å². The van der Waals surface area contributed by atoms with E-state index in [9.17, 15) is 4.79 Å². The van der Waals surface area contributed by atoms with Crippen LogP contribution in [0.5, 0.6) is 0 Å². The monoisotopic (exact) mass is 309 g/mol. The quantitative estimate of drug-likeness (QED) is 0.842. The molecule has 0 aliphatic carbocycles. The first-order chi connectivity index (χ1) is 10.3. The van der Waals surface area contributed by atoms with E-state index in [1.54, 1.807) is 14.2 Å². The number of carbonyl (C=O) groups excluding carboxylic acids is 1. The molecule has 1 atom stereocenters. The SMILES string of the molecule is CNC(=O)C1(COC)CCCN1Cc1nc(C(C)(C)C)n[nH]1. The van der Waals surface area contributed by atoms with E-state index in [1.807, 2.05) is 0 Å². The summed E-state index contributed by atoms with van der Waals surface area (Å²) in [6.45, 7) is 8.04. The molecule has 0 radical (unpaired) electrons. The summed E-state index contributed by atoms with van der Waals surface area (Å²) in [5, 5.41) is 10.1. The van der Waals surface area contributed by atoms with Crippen LogP contribution in [0.15, 0.2) is 0 Å². The maximum atomic E-state index is 12.4. The Balaban J connectivity index is 2.19. The van der Waals surface area contributed by atoms with E-state index in [-0.39, 0.29) is 11.3 Å². The summed E-state index contributed by atoms with van der Waals surface area (Å²) in [5.74, 6) is 1.58. The molecule has 1 aromatic rings. The number of ether oxygens (including phenoxy) is 1. The first kappa shape index (κ1) is 16.9. The molecule has 1 unspecified atom stereocenters. The van der Waals surface area contributed by atoms with Crippen LogP contribution in [0.2, 0.25) is 0 Å². The van der Waals surface area contributed by atoms with Gasteiger partial charge in [0.15, 0.2) is 5.82 Å². The van der Waals surface area contributed by atoms with E-state index in [4.69, 9.17) is 4.74 Å². The summed E-state index contributed by atoms with van der Waals surface area (Å²) in [4.78, 5) is 19.1. The van der Waals surface area contributed by atoms with Crippen LogP contribution in [0, 0.1) is 0 Å².